The molecule has 1 atom stereocenters. The van der Waals surface area contributed by atoms with Crippen LogP contribution < -0.4 is 5.32 Å². The number of methoxy groups -OCH3 is 1. The molecule has 1 saturated heterocycles. The Hall–Kier alpha value is -1.06. The Kier molecular flexibility index (Phi) is 5.86. The molecule has 1 fully saturated rings. The molecular formula is C17H28N2O. The highest BCUT2D eigenvalue weighted by molar-refractivity contribution is 5.45. The average Bonchev–Trinajstić information content (AvgIpc) is 2.93. The van der Waals surface area contributed by atoms with Crippen molar-refractivity contribution in [1.82, 2.24) is 4.90 Å². The third kappa shape index (κ3) is 4.50. The van der Waals surface area contributed by atoms with E-state index in [9.17, 15) is 0 Å². The predicted octanol–water partition coefficient (Wildman–Crippen LogP) is 3.37. The van der Waals surface area contributed by atoms with Crippen LogP contribution in [0.1, 0.15) is 32.3 Å². The van der Waals surface area contributed by atoms with E-state index in [1.807, 2.05) is 0 Å². The van der Waals surface area contributed by atoms with Gasteiger partial charge in [0, 0.05) is 19.3 Å². The Balaban J connectivity index is 1.89. The highest BCUT2D eigenvalue weighted by Crippen LogP contribution is 2.17. The van der Waals surface area contributed by atoms with Gasteiger partial charge in [-0.3, -0.25) is 4.90 Å². The van der Waals surface area contributed by atoms with Crippen molar-refractivity contribution in [3.8, 4) is 0 Å². The Morgan fingerprint density at radius 1 is 1.15 bits per heavy atom. The number of nitrogens with one attached hydrogen (secondary N) is 1. The highest BCUT2D eigenvalue weighted by Gasteiger charge is 2.13. The van der Waals surface area contributed by atoms with E-state index in [-0.39, 0.29) is 0 Å². The van der Waals surface area contributed by atoms with Crippen molar-refractivity contribution >= 4 is 5.69 Å². The Morgan fingerprint density at radius 2 is 1.80 bits per heavy atom. The fraction of sp³-hybridized carbons (Fsp3) is 0.647. The predicted molar refractivity (Wildman–Crippen MR) is 85.1 cm³/mol. The van der Waals surface area contributed by atoms with Gasteiger partial charge in [-0.25, -0.2) is 0 Å². The summed E-state index contributed by atoms with van der Waals surface area (Å²) in [5.41, 5.74) is 2.59. The summed E-state index contributed by atoms with van der Waals surface area (Å²) < 4.78 is 5.28. The molecule has 3 nitrogen and oxygen atoms in total. The van der Waals surface area contributed by atoms with E-state index in [0.29, 0.717) is 12.0 Å². The summed E-state index contributed by atoms with van der Waals surface area (Å²) in [7, 11) is 1.76. The van der Waals surface area contributed by atoms with Gasteiger partial charge in [-0.1, -0.05) is 26.0 Å². The number of likely N-dealkylation sites (tertiary alicyclic amines) is 1. The lowest BCUT2D eigenvalue weighted by molar-refractivity contribution is 0.171. The first-order chi connectivity index (χ1) is 9.69. The van der Waals surface area contributed by atoms with Gasteiger partial charge in [0.15, 0.2) is 0 Å². The Labute approximate surface area is 123 Å². The molecule has 0 aliphatic carbocycles. The Bertz CT molecular complexity index is 382. The molecule has 0 amide bonds. The molecule has 0 saturated carbocycles. The van der Waals surface area contributed by atoms with Gasteiger partial charge >= 0.3 is 0 Å². The van der Waals surface area contributed by atoms with Gasteiger partial charge in [-0.2, -0.15) is 0 Å². The second kappa shape index (κ2) is 7.65. The van der Waals surface area contributed by atoms with Gasteiger partial charge in [0.05, 0.1) is 12.6 Å². The van der Waals surface area contributed by atoms with Crippen molar-refractivity contribution in [2.45, 2.75) is 39.3 Å². The third-order valence-corrected chi connectivity index (χ3v) is 4.06. The molecule has 3 heteroatoms. The lowest BCUT2D eigenvalue weighted by Gasteiger charge is -2.23. The third-order valence-electron chi connectivity index (χ3n) is 4.06. The number of hydrogen-bond acceptors (Lipinski definition) is 3. The zero-order valence-electron chi connectivity index (χ0n) is 13.1. The lowest BCUT2D eigenvalue weighted by atomic mass is 10.0. The molecule has 2 rings (SSSR count). The van der Waals surface area contributed by atoms with E-state index >= 15 is 0 Å². The summed E-state index contributed by atoms with van der Waals surface area (Å²) in [5, 5.41) is 3.56. The molecule has 0 spiro atoms. The van der Waals surface area contributed by atoms with E-state index in [0.717, 1.165) is 13.2 Å². The molecule has 0 bridgehead atoms. The summed E-state index contributed by atoms with van der Waals surface area (Å²) in [6.45, 7) is 8.78. The van der Waals surface area contributed by atoms with Crippen LogP contribution in [0.5, 0.6) is 0 Å². The van der Waals surface area contributed by atoms with Crippen LogP contribution in [-0.4, -0.2) is 37.7 Å². The average molecular weight is 276 g/mol. The normalized spacial score (nSPS) is 17.6. The van der Waals surface area contributed by atoms with Gasteiger partial charge in [-0.05, 0) is 49.5 Å². The molecule has 0 aromatic heterocycles. The van der Waals surface area contributed by atoms with Crippen molar-refractivity contribution in [1.29, 1.82) is 0 Å². The molecule has 1 aromatic rings. The quantitative estimate of drug-likeness (QED) is 0.826. The van der Waals surface area contributed by atoms with Crippen LogP contribution in [0.25, 0.3) is 0 Å². The molecular weight excluding hydrogens is 248 g/mol. The van der Waals surface area contributed by atoms with Crippen LogP contribution in [0, 0.1) is 5.92 Å². The second-order valence-electron chi connectivity index (χ2n) is 6.13. The van der Waals surface area contributed by atoms with E-state index < -0.39 is 0 Å². The van der Waals surface area contributed by atoms with Crippen LogP contribution in [0.2, 0.25) is 0 Å². The minimum atomic E-state index is 0.365. The minimum absolute atomic E-state index is 0.365. The van der Waals surface area contributed by atoms with Crippen molar-refractivity contribution in [2.24, 2.45) is 5.92 Å². The van der Waals surface area contributed by atoms with E-state index in [1.54, 1.807) is 7.11 Å². The first kappa shape index (κ1) is 15.3. The van der Waals surface area contributed by atoms with Crippen molar-refractivity contribution in [3.05, 3.63) is 29.8 Å². The number of hydrogen-bond donors (Lipinski definition) is 1. The van der Waals surface area contributed by atoms with Gasteiger partial charge in [0.1, 0.15) is 0 Å². The zero-order valence-corrected chi connectivity index (χ0v) is 13.1. The Morgan fingerprint density at radius 3 is 2.35 bits per heavy atom. The van der Waals surface area contributed by atoms with Crippen LogP contribution >= 0.6 is 0 Å². The van der Waals surface area contributed by atoms with E-state index in [1.165, 1.54) is 37.2 Å². The molecule has 1 aliphatic heterocycles. The van der Waals surface area contributed by atoms with Crippen molar-refractivity contribution in [2.75, 3.05) is 32.1 Å². The van der Waals surface area contributed by atoms with Crippen LogP contribution in [0.4, 0.5) is 5.69 Å². The fourth-order valence-corrected chi connectivity index (χ4v) is 2.70. The first-order valence-corrected chi connectivity index (χ1v) is 7.76. The number of benzene rings is 1. The molecule has 1 heterocycles. The summed E-state index contributed by atoms with van der Waals surface area (Å²) in [6.07, 6.45) is 2.71. The summed E-state index contributed by atoms with van der Waals surface area (Å²) in [4.78, 5) is 2.53. The summed E-state index contributed by atoms with van der Waals surface area (Å²) in [5.74, 6) is 0.555. The first-order valence-electron chi connectivity index (χ1n) is 7.76. The van der Waals surface area contributed by atoms with E-state index in [2.05, 4.69) is 48.3 Å². The van der Waals surface area contributed by atoms with Crippen LogP contribution in [0.15, 0.2) is 24.3 Å². The molecule has 1 unspecified atom stereocenters. The molecule has 1 aliphatic rings. The second-order valence-corrected chi connectivity index (χ2v) is 6.13. The molecule has 112 valence electrons. The fourth-order valence-electron chi connectivity index (χ4n) is 2.70. The number of rotatable bonds is 7. The maximum absolute atomic E-state index is 5.28. The van der Waals surface area contributed by atoms with Crippen LogP contribution in [-0.2, 0) is 11.3 Å². The van der Waals surface area contributed by atoms with Crippen molar-refractivity contribution < 1.29 is 4.74 Å². The molecule has 0 radical (unpaired) electrons. The monoisotopic (exact) mass is 276 g/mol. The SMILES string of the molecule is COCC(Nc1ccc(CN2CCCC2)cc1)C(C)C. The topological polar surface area (TPSA) is 24.5 Å². The maximum Gasteiger partial charge on any atom is 0.0666 e. The molecule has 1 N–H and O–H groups in total. The van der Waals surface area contributed by atoms with Gasteiger partial charge in [0.2, 0.25) is 0 Å². The largest absolute Gasteiger partial charge is 0.383 e. The summed E-state index contributed by atoms with van der Waals surface area (Å²) in [6, 6.07) is 9.23. The molecule has 20 heavy (non-hydrogen) atoms. The smallest absolute Gasteiger partial charge is 0.0666 e. The van der Waals surface area contributed by atoms with Gasteiger partial charge < -0.3 is 10.1 Å². The number of anilines is 1. The van der Waals surface area contributed by atoms with Gasteiger partial charge in [-0.15, -0.1) is 0 Å². The highest BCUT2D eigenvalue weighted by atomic mass is 16.5. The zero-order chi connectivity index (χ0) is 14.4. The van der Waals surface area contributed by atoms with Gasteiger partial charge in [0.25, 0.3) is 0 Å². The molecule has 1 aromatic carbocycles. The van der Waals surface area contributed by atoms with Crippen LogP contribution in [0.3, 0.4) is 0 Å². The van der Waals surface area contributed by atoms with Crippen molar-refractivity contribution in [3.63, 3.8) is 0 Å². The maximum atomic E-state index is 5.28. The number of nitrogens with zero attached hydrogens (tertiary/aromatic N) is 1. The minimum Gasteiger partial charge on any atom is -0.383 e. The standard InChI is InChI=1S/C17H28N2O/c1-14(2)17(13-20-3)18-16-8-6-15(7-9-16)12-19-10-4-5-11-19/h6-9,14,17-18H,4-5,10-13H2,1-3H3. The lowest BCUT2D eigenvalue weighted by Crippen LogP contribution is -2.30. The number of ether oxygens (including phenoxy) is 1. The summed E-state index contributed by atoms with van der Waals surface area (Å²) >= 11 is 0. The van der Waals surface area contributed by atoms with E-state index in [4.69, 9.17) is 4.74 Å².